The molecule has 0 bridgehead atoms. The molecule has 2 aromatic rings. The zero-order chi connectivity index (χ0) is 16.1. The summed E-state index contributed by atoms with van der Waals surface area (Å²) in [5.41, 5.74) is 3.76. The van der Waals surface area contributed by atoms with Crippen molar-refractivity contribution in [1.29, 1.82) is 0 Å². The van der Waals surface area contributed by atoms with Crippen molar-refractivity contribution in [2.75, 3.05) is 7.11 Å². The van der Waals surface area contributed by atoms with Crippen LogP contribution in [0.4, 0.5) is 0 Å². The molecule has 1 N–H and O–H groups in total. The molecule has 1 aromatic heterocycles. The molecule has 0 aliphatic carbocycles. The van der Waals surface area contributed by atoms with Crippen molar-refractivity contribution in [2.24, 2.45) is 0 Å². The highest BCUT2D eigenvalue weighted by Gasteiger charge is 2.10. The summed E-state index contributed by atoms with van der Waals surface area (Å²) in [6.07, 6.45) is 1.21. The quantitative estimate of drug-likeness (QED) is 0.888. The van der Waals surface area contributed by atoms with Gasteiger partial charge in [-0.3, -0.25) is 4.79 Å². The standard InChI is InChI=1S/C17H20N2O3/c1-11-15(8-9-17(20)21)12(2)19-16(18-11)10-13-4-6-14(22-3)7-5-13/h4-7H,8-10H2,1-3H3,(H,20,21). The Bertz CT molecular complexity index is 643. The van der Waals surface area contributed by atoms with Gasteiger partial charge >= 0.3 is 5.97 Å². The van der Waals surface area contributed by atoms with Crippen LogP contribution in [0.25, 0.3) is 0 Å². The molecule has 0 spiro atoms. The van der Waals surface area contributed by atoms with Crippen molar-refractivity contribution in [3.05, 3.63) is 52.6 Å². The molecular formula is C17H20N2O3. The van der Waals surface area contributed by atoms with Gasteiger partial charge in [0.25, 0.3) is 0 Å². The van der Waals surface area contributed by atoms with Gasteiger partial charge in [0.1, 0.15) is 11.6 Å². The number of carboxylic acid groups (broad SMARTS) is 1. The second-order valence-electron chi connectivity index (χ2n) is 5.21. The molecule has 0 aliphatic rings. The number of benzene rings is 1. The number of methoxy groups -OCH3 is 1. The lowest BCUT2D eigenvalue weighted by Crippen LogP contribution is -2.08. The lowest BCUT2D eigenvalue weighted by Gasteiger charge is -2.10. The Balaban J connectivity index is 2.16. The van der Waals surface area contributed by atoms with E-state index in [2.05, 4.69) is 9.97 Å². The molecule has 0 saturated carbocycles. The Morgan fingerprint density at radius 2 is 1.73 bits per heavy atom. The molecule has 0 atom stereocenters. The van der Waals surface area contributed by atoms with Crippen molar-refractivity contribution in [1.82, 2.24) is 9.97 Å². The highest BCUT2D eigenvalue weighted by atomic mass is 16.5. The van der Waals surface area contributed by atoms with Gasteiger partial charge < -0.3 is 9.84 Å². The number of carboxylic acids is 1. The van der Waals surface area contributed by atoms with Gasteiger partial charge in [-0.15, -0.1) is 0 Å². The van der Waals surface area contributed by atoms with E-state index in [9.17, 15) is 4.79 Å². The third-order valence-corrected chi connectivity index (χ3v) is 3.58. The highest BCUT2D eigenvalue weighted by molar-refractivity contribution is 5.67. The van der Waals surface area contributed by atoms with E-state index in [0.29, 0.717) is 12.8 Å². The molecule has 2 rings (SSSR count). The van der Waals surface area contributed by atoms with Crippen LogP contribution in [0.1, 0.15) is 34.8 Å². The summed E-state index contributed by atoms with van der Waals surface area (Å²) in [4.78, 5) is 19.7. The van der Waals surface area contributed by atoms with Gasteiger partial charge in [-0.2, -0.15) is 0 Å². The summed E-state index contributed by atoms with van der Waals surface area (Å²) in [6, 6.07) is 7.81. The smallest absolute Gasteiger partial charge is 0.303 e. The number of aryl methyl sites for hydroxylation is 2. The van der Waals surface area contributed by atoms with E-state index in [1.54, 1.807) is 7.11 Å². The number of nitrogens with zero attached hydrogens (tertiary/aromatic N) is 2. The van der Waals surface area contributed by atoms with Gasteiger partial charge in [0.15, 0.2) is 0 Å². The topological polar surface area (TPSA) is 72.3 Å². The number of hydrogen-bond acceptors (Lipinski definition) is 4. The summed E-state index contributed by atoms with van der Waals surface area (Å²) in [5.74, 6) is 0.765. The summed E-state index contributed by atoms with van der Waals surface area (Å²) < 4.78 is 5.14. The minimum Gasteiger partial charge on any atom is -0.497 e. The molecule has 5 nitrogen and oxygen atoms in total. The first-order chi connectivity index (χ1) is 10.5. The van der Waals surface area contributed by atoms with Gasteiger partial charge in [-0.25, -0.2) is 9.97 Å². The molecule has 116 valence electrons. The van der Waals surface area contributed by atoms with Gasteiger partial charge in [0, 0.05) is 24.2 Å². The molecule has 0 saturated heterocycles. The van der Waals surface area contributed by atoms with Crippen LogP contribution in [0, 0.1) is 13.8 Å². The van der Waals surface area contributed by atoms with Crippen LogP contribution >= 0.6 is 0 Å². The van der Waals surface area contributed by atoms with Crippen LogP contribution < -0.4 is 4.74 Å². The van der Waals surface area contributed by atoms with Crippen LogP contribution in [-0.4, -0.2) is 28.2 Å². The van der Waals surface area contributed by atoms with Crippen molar-refractivity contribution < 1.29 is 14.6 Å². The Labute approximate surface area is 130 Å². The summed E-state index contributed by atoms with van der Waals surface area (Å²) in [6.45, 7) is 3.81. The first-order valence-corrected chi connectivity index (χ1v) is 7.17. The maximum Gasteiger partial charge on any atom is 0.303 e. The van der Waals surface area contributed by atoms with Crippen LogP contribution in [0.3, 0.4) is 0 Å². The fourth-order valence-electron chi connectivity index (χ4n) is 2.41. The first-order valence-electron chi connectivity index (χ1n) is 7.17. The third-order valence-electron chi connectivity index (χ3n) is 3.58. The van der Waals surface area contributed by atoms with E-state index >= 15 is 0 Å². The molecule has 5 heteroatoms. The predicted octanol–water partition coefficient (Wildman–Crippen LogP) is 2.71. The minimum atomic E-state index is -0.805. The summed E-state index contributed by atoms with van der Waals surface area (Å²) in [5, 5.41) is 8.80. The van der Waals surface area contributed by atoms with Gasteiger partial charge in [-0.1, -0.05) is 12.1 Å². The van der Waals surface area contributed by atoms with Gasteiger partial charge in [-0.05, 0) is 43.5 Å². The zero-order valence-corrected chi connectivity index (χ0v) is 13.1. The maximum atomic E-state index is 10.7. The largest absolute Gasteiger partial charge is 0.497 e. The summed E-state index contributed by atoms with van der Waals surface area (Å²) in [7, 11) is 1.64. The molecule has 1 heterocycles. The fourth-order valence-corrected chi connectivity index (χ4v) is 2.41. The Kier molecular flexibility index (Phi) is 5.09. The Morgan fingerprint density at radius 3 is 2.23 bits per heavy atom. The normalized spacial score (nSPS) is 10.5. The number of rotatable bonds is 6. The van der Waals surface area contributed by atoms with Crippen LogP contribution in [-0.2, 0) is 17.6 Å². The average molecular weight is 300 g/mol. The van der Waals surface area contributed by atoms with Gasteiger partial charge in [0.05, 0.1) is 7.11 Å². The van der Waals surface area contributed by atoms with E-state index in [1.165, 1.54) is 0 Å². The number of aromatic nitrogens is 2. The third kappa shape index (κ3) is 4.04. The van der Waals surface area contributed by atoms with E-state index < -0.39 is 5.97 Å². The minimum absolute atomic E-state index is 0.100. The monoisotopic (exact) mass is 300 g/mol. The van der Waals surface area contributed by atoms with Crippen molar-refractivity contribution in [2.45, 2.75) is 33.1 Å². The van der Waals surface area contributed by atoms with Crippen LogP contribution in [0.15, 0.2) is 24.3 Å². The molecule has 22 heavy (non-hydrogen) atoms. The van der Waals surface area contributed by atoms with Crippen molar-refractivity contribution in [3.63, 3.8) is 0 Å². The SMILES string of the molecule is COc1ccc(Cc2nc(C)c(CCC(=O)O)c(C)n2)cc1. The second-order valence-corrected chi connectivity index (χ2v) is 5.21. The number of aliphatic carboxylic acids is 1. The van der Waals surface area contributed by atoms with Crippen LogP contribution in [0.5, 0.6) is 5.75 Å². The van der Waals surface area contributed by atoms with E-state index in [1.807, 2.05) is 38.1 Å². The maximum absolute atomic E-state index is 10.7. The Hall–Kier alpha value is -2.43. The average Bonchev–Trinajstić information content (AvgIpc) is 2.47. The number of carbonyl (C=O) groups is 1. The zero-order valence-electron chi connectivity index (χ0n) is 13.1. The molecular weight excluding hydrogens is 280 g/mol. The fraction of sp³-hybridized carbons (Fsp3) is 0.353. The summed E-state index contributed by atoms with van der Waals surface area (Å²) >= 11 is 0. The predicted molar refractivity (Wildman–Crippen MR) is 83.3 cm³/mol. The Morgan fingerprint density at radius 1 is 1.14 bits per heavy atom. The molecule has 0 unspecified atom stereocenters. The molecule has 0 fully saturated rings. The van der Waals surface area contributed by atoms with E-state index in [0.717, 1.165) is 34.1 Å². The van der Waals surface area contributed by atoms with Crippen LogP contribution in [0.2, 0.25) is 0 Å². The highest BCUT2D eigenvalue weighted by Crippen LogP contribution is 2.16. The number of hydrogen-bond donors (Lipinski definition) is 1. The molecule has 1 aromatic carbocycles. The first kappa shape index (κ1) is 15.9. The van der Waals surface area contributed by atoms with Crippen molar-refractivity contribution >= 4 is 5.97 Å². The molecule has 0 radical (unpaired) electrons. The molecule has 0 amide bonds. The lowest BCUT2D eigenvalue weighted by molar-refractivity contribution is -0.136. The van der Waals surface area contributed by atoms with E-state index in [4.69, 9.17) is 9.84 Å². The second kappa shape index (κ2) is 7.02. The number of ether oxygens (including phenoxy) is 1. The molecule has 0 aliphatic heterocycles. The lowest BCUT2D eigenvalue weighted by atomic mass is 10.1. The van der Waals surface area contributed by atoms with E-state index in [-0.39, 0.29) is 6.42 Å². The van der Waals surface area contributed by atoms with Crippen molar-refractivity contribution in [3.8, 4) is 5.75 Å². The van der Waals surface area contributed by atoms with Gasteiger partial charge in [0.2, 0.25) is 0 Å².